The van der Waals surface area contributed by atoms with Crippen molar-refractivity contribution in [2.75, 3.05) is 44.3 Å². The van der Waals surface area contributed by atoms with Gasteiger partial charge in [-0.05, 0) is 57.3 Å². The summed E-state index contributed by atoms with van der Waals surface area (Å²) in [6.45, 7) is 11.8. The predicted molar refractivity (Wildman–Crippen MR) is 135 cm³/mol. The van der Waals surface area contributed by atoms with Crippen LogP contribution in [0, 0.1) is 5.82 Å². The molecule has 1 aromatic heterocycles. The van der Waals surface area contributed by atoms with Gasteiger partial charge in [0, 0.05) is 18.7 Å². The highest BCUT2D eigenvalue weighted by Crippen LogP contribution is 2.33. The maximum Gasteiger partial charge on any atom is 0.260 e. The van der Waals surface area contributed by atoms with Gasteiger partial charge in [0.1, 0.15) is 11.3 Å². The molecule has 3 rings (SSSR count). The van der Waals surface area contributed by atoms with E-state index in [9.17, 15) is 9.18 Å². The van der Waals surface area contributed by atoms with E-state index in [1.165, 1.54) is 17.4 Å². The number of ether oxygens (including phenoxy) is 2. The van der Waals surface area contributed by atoms with Crippen molar-refractivity contribution in [3.8, 4) is 11.5 Å². The van der Waals surface area contributed by atoms with Crippen molar-refractivity contribution in [1.29, 1.82) is 0 Å². The molecule has 0 aliphatic rings. The molecule has 9 heteroatoms. The van der Waals surface area contributed by atoms with Crippen LogP contribution in [0.1, 0.15) is 38.1 Å². The molecule has 0 aliphatic heterocycles. The van der Waals surface area contributed by atoms with Crippen LogP contribution in [-0.2, 0) is 0 Å². The Morgan fingerprint density at radius 3 is 2.33 bits per heavy atom. The third kappa shape index (κ3) is 6.34. The number of likely N-dealkylation sites (N-methyl/N-ethyl adjacent to an activating group) is 1. The average molecular weight is 496 g/mol. The second-order valence-corrected chi connectivity index (χ2v) is 8.10. The molecular weight excluding hydrogens is 465 g/mol. The normalized spacial score (nSPS) is 10.8. The van der Waals surface area contributed by atoms with Gasteiger partial charge in [-0.1, -0.05) is 31.3 Å². The molecule has 0 fully saturated rings. The van der Waals surface area contributed by atoms with E-state index in [0.29, 0.717) is 53.2 Å². The summed E-state index contributed by atoms with van der Waals surface area (Å²) in [7, 11) is 0. The van der Waals surface area contributed by atoms with Gasteiger partial charge in [0.2, 0.25) is 0 Å². The second kappa shape index (κ2) is 12.7. The van der Waals surface area contributed by atoms with Crippen LogP contribution in [0.4, 0.5) is 9.52 Å². The standard InChI is InChI=1S/C24H30FN3O3S.ClH/c1-5-27(6-2)14-15-28(24-26-22-18(25)10-9-11-21(22)32-24)23(29)17-12-13-19(30-7-3)20(16-17)31-8-4;/h9-13,16H,5-8,14-15H2,1-4H3;1H. The van der Waals surface area contributed by atoms with Gasteiger partial charge in [0.15, 0.2) is 16.6 Å². The molecule has 0 atom stereocenters. The molecule has 0 saturated heterocycles. The molecule has 180 valence electrons. The number of fused-ring (bicyclic) bond motifs is 1. The molecule has 2 aromatic carbocycles. The van der Waals surface area contributed by atoms with Crippen LogP contribution in [0.2, 0.25) is 0 Å². The smallest absolute Gasteiger partial charge is 0.260 e. The van der Waals surface area contributed by atoms with Gasteiger partial charge >= 0.3 is 0 Å². The highest BCUT2D eigenvalue weighted by atomic mass is 35.5. The number of benzene rings is 2. The van der Waals surface area contributed by atoms with Gasteiger partial charge in [-0.2, -0.15) is 0 Å². The Labute approximate surface area is 204 Å². The molecule has 0 bridgehead atoms. The molecule has 1 heterocycles. The second-order valence-electron chi connectivity index (χ2n) is 7.09. The van der Waals surface area contributed by atoms with Gasteiger partial charge in [0.25, 0.3) is 5.91 Å². The Morgan fingerprint density at radius 1 is 1.00 bits per heavy atom. The predicted octanol–water partition coefficient (Wildman–Crippen LogP) is 5.64. The summed E-state index contributed by atoms with van der Waals surface area (Å²) in [4.78, 5) is 21.9. The molecule has 0 saturated carbocycles. The van der Waals surface area contributed by atoms with E-state index in [1.807, 2.05) is 19.9 Å². The van der Waals surface area contributed by atoms with Crippen molar-refractivity contribution >= 4 is 45.0 Å². The van der Waals surface area contributed by atoms with E-state index in [-0.39, 0.29) is 29.6 Å². The fourth-order valence-corrected chi connectivity index (χ4v) is 4.43. The van der Waals surface area contributed by atoms with Crippen molar-refractivity contribution < 1.29 is 18.7 Å². The fourth-order valence-electron chi connectivity index (χ4n) is 3.42. The quantitative estimate of drug-likeness (QED) is 0.344. The monoisotopic (exact) mass is 495 g/mol. The van der Waals surface area contributed by atoms with Crippen LogP contribution in [0.15, 0.2) is 36.4 Å². The average Bonchev–Trinajstić information content (AvgIpc) is 3.23. The minimum absolute atomic E-state index is 0. The van der Waals surface area contributed by atoms with Gasteiger partial charge in [-0.25, -0.2) is 9.37 Å². The third-order valence-corrected chi connectivity index (χ3v) is 6.20. The highest BCUT2D eigenvalue weighted by molar-refractivity contribution is 7.22. The van der Waals surface area contributed by atoms with Gasteiger partial charge < -0.3 is 14.4 Å². The van der Waals surface area contributed by atoms with Crippen LogP contribution in [0.3, 0.4) is 0 Å². The molecule has 0 N–H and O–H groups in total. The summed E-state index contributed by atoms with van der Waals surface area (Å²) in [6.07, 6.45) is 0. The summed E-state index contributed by atoms with van der Waals surface area (Å²) < 4.78 is 26.3. The first-order valence-electron chi connectivity index (χ1n) is 11.0. The van der Waals surface area contributed by atoms with Crippen LogP contribution < -0.4 is 14.4 Å². The number of nitrogens with zero attached hydrogens (tertiary/aromatic N) is 3. The molecule has 0 spiro atoms. The van der Waals surface area contributed by atoms with Crippen LogP contribution in [0.25, 0.3) is 10.2 Å². The Morgan fingerprint density at radius 2 is 1.70 bits per heavy atom. The van der Waals surface area contributed by atoms with Crippen LogP contribution >= 0.6 is 23.7 Å². The highest BCUT2D eigenvalue weighted by Gasteiger charge is 2.24. The number of halogens is 2. The molecular formula is C24H31ClFN3O3S. The topological polar surface area (TPSA) is 54.9 Å². The van der Waals surface area contributed by atoms with Crippen molar-refractivity contribution in [3.63, 3.8) is 0 Å². The number of hydrogen-bond acceptors (Lipinski definition) is 6. The summed E-state index contributed by atoms with van der Waals surface area (Å²) in [5.74, 6) is 0.531. The van der Waals surface area contributed by atoms with E-state index in [2.05, 4.69) is 23.7 Å². The lowest BCUT2D eigenvalue weighted by Gasteiger charge is -2.25. The molecule has 6 nitrogen and oxygen atoms in total. The van der Waals surface area contributed by atoms with E-state index >= 15 is 0 Å². The maximum absolute atomic E-state index is 14.3. The number of hydrogen-bond donors (Lipinski definition) is 0. The van der Waals surface area contributed by atoms with E-state index in [1.54, 1.807) is 29.2 Å². The number of carbonyl (C=O) groups is 1. The zero-order chi connectivity index (χ0) is 23.1. The minimum atomic E-state index is -0.388. The van der Waals surface area contributed by atoms with Crippen molar-refractivity contribution in [1.82, 2.24) is 9.88 Å². The summed E-state index contributed by atoms with van der Waals surface area (Å²) in [5, 5.41) is 0.481. The van der Waals surface area contributed by atoms with Crippen molar-refractivity contribution in [2.45, 2.75) is 27.7 Å². The van der Waals surface area contributed by atoms with E-state index in [4.69, 9.17) is 9.47 Å². The SMILES string of the molecule is CCOc1ccc(C(=O)N(CCN(CC)CC)c2nc3c(F)cccc3s2)cc1OCC.Cl. The molecule has 0 radical (unpaired) electrons. The lowest BCUT2D eigenvalue weighted by molar-refractivity contribution is 0.0983. The van der Waals surface area contributed by atoms with E-state index in [0.717, 1.165) is 13.1 Å². The fraction of sp³-hybridized carbons (Fsp3) is 0.417. The van der Waals surface area contributed by atoms with Gasteiger partial charge in [-0.15, -0.1) is 12.4 Å². The summed E-state index contributed by atoms with van der Waals surface area (Å²) in [6, 6.07) is 10.0. The van der Waals surface area contributed by atoms with Gasteiger partial charge in [0.05, 0.1) is 17.9 Å². The molecule has 33 heavy (non-hydrogen) atoms. The number of para-hydroxylation sites is 1. The zero-order valence-electron chi connectivity index (χ0n) is 19.5. The lowest BCUT2D eigenvalue weighted by atomic mass is 10.1. The van der Waals surface area contributed by atoms with Crippen molar-refractivity contribution in [2.24, 2.45) is 0 Å². The first-order chi connectivity index (χ1) is 15.5. The zero-order valence-corrected chi connectivity index (χ0v) is 21.1. The number of amides is 1. The maximum atomic E-state index is 14.3. The third-order valence-electron chi connectivity index (χ3n) is 5.16. The van der Waals surface area contributed by atoms with Crippen LogP contribution in [-0.4, -0.2) is 55.2 Å². The molecule has 0 aliphatic carbocycles. The molecule has 3 aromatic rings. The number of rotatable bonds is 11. The van der Waals surface area contributed by atoms with E-state index < -0.39 is 0 Å². The number of anilines is 1. The van der Waals surface area contributed by atoms with Gasteiger partial charge in [-0.3, -0.25) is 9.69 Å². The largest absolute Gasteiger partial charge is 0.490 e. The number of carbonyl (C=O) groups excluding carboxylic acids is 1. The van der Waals surface area contributed by atoms with Crippen LogP contribution in [0.5, 0.6) is 11.5 Å². The first-order valence-corrected chi connectivity index (χ1v) is 11.8. The minimum Gasteiger partial charge on any atom is -0.490 e. The number of aromatic nitrogens is 1. The Balaban J connectivity index is 0.00000385. The first kappa shape index (κ1) is 26.8. The summed E-state index contributed by atoms with van der Waals surface area (Å²) >= 11 is 1.31. The lowest BCUT2D eigenvalue weighted by Crippen LogP contribution is -2.38. The summed E-state index contributed by atoms with van der Waals surface area (Å²) in [5.41, 5.74) is 0.756. The molecule has 1 amide bonds. The van der Waals surface area contributed by atoms with Crippen molar-refractivity contribution in [3.05, 3.63) is 47.8 Å². The Bertz CT molecular complexity index is 1060. The Hall–Kier alpha value is -2.42. The Kier molecular flexibility index (Phi) is 10.3. The number of thiazole rings is 1. The molecule has 0 unspecified atom stereocenters.